The first-order chi connectivity index (χ1) is 19.8. The molecule has 0 spiro atoms. The normalized spacial score (nSPS) is 16.5. The van der Waals surface area contributed by atoms with Gasteiger partial charge in [-0.1, -0.05) is 43.3 Å². The van der Waals surface area contributed by atoms with Gasteiger partial charge in [0.15, 0.2) is 0 Å². The molecule has 1 atom stereocenters. The quantitative estimate of drug-likeness (QED) is 0.267. The molecule has 12 heteroatoms. The van der Waals surface area contributed by atoms with Crippen LogP contribution < -0.4 is 20.3 Å². The molecule has 0 unspecified atom stereocenters. The number of aryl methyl sites for hydroxylation is 1. The Balaban J connectivity index is 1.23. The number of fused-ring (bicyclic) bond motifs is 1. The van der Waals surface area contributed by atoms with Crippen LogP contribution in [0.25, 0.3) is 0 Å². The van der Waals surface area contributed by atoms with E-state index in [-0.39, 0.29) is 12.3 Å². The van der Waals surface area contributed by atoms with E-state index in [9.17, 15) is 18.3 Å². The SMILES string of the molecule is CCc1c(NC[C@H](NS(=O)(=O)Cc2ccccc2)C(=O)O)ncnc1N1CCC(c2ccc3c(n2)NCCC3)CC1. The van der Waals surface area contributed by atoms with Crippen LogP contribution in [-0.2, 0) is 33.4 Å². The molecule has 2 aliphatic heterocycles. The maximum absolute atomic E-state index is 12.7. The third-order valence-electron chi connectivity index (χ3n) is 7.70. The molecule has 1 saturated heterocycles. The molecule has 0 saturated carbocycles. The van der Waals surface area contributed by atoms with Gasteiger partial charge < -0.3 is 20.6 Å². The van der Waals surface area contributed by atoms with Gasteiger partial charge in [0.25, 0.3) is 0 Å². The van der Waals surface area contributed by atoms with Gasteiger partial charge in [0.1, 0.15) is 29.8 Å². The lowest BCUT2D eigenvalue weighted by atomic mass is 9.92. The van der Waals surface area contributed by atoms with Gasteiger partial charge in [-0.05, 0) is 49.3 Å². The van der Waals surface area contributed by atoms with Gasteiger partial charge in [0.05, 0.1) is 5.75 Å². The number of sulfonamides is 1. The van der Waals surface area contributed by atoms with Crippen LogP contribution >= 0.6 is 0 Å². The molecule has 3 aromatic rings. The molecule has 0 bridgehead atoms. The van der Waals surface area contributed by atoms with Crippen LogP contribution in [0, 0.1) is 0 Å². The number of piperidine rings is 1. The molecule has 1 aromatic carbocycles. The van der Waals surface area contributed by atoms with E-state index in [0.29, 0.717) is 23.7 Å². The second-order valence-corrected chi connectivity index (χ2v) is 12.3. The van der Waals surface area contributed by atoms with Crippen molar-refractivity contribution in [2.75, 3.05) is 41.7 Å². The fraction of sp³-hybridized carbons (Fsp3) is 0.448. The summed E-state index contributed by atoms with van der Waals surface area (Å²) in [6, 6.07) is 11.7. The highest BCUT2D eigenvalue weighted by molar-refractivity contribution is 7.88. The number of rotatable bonds is 11. The Hall–Kier alpha value is -3.77. The van der Waals surface area contributed by atoms with Crippen molar-refractivity contribution in [1.29, 1.82) is 0 Å². The molecule has 0 radical (unpaired) electrons. The number of carboxylic acid groups (broad SMARTS) is 1. The second kappa shape index (κ2) is 12.8. The van der Waals surface area contributed by atoms with Crippen molar-refractivity contribution in [1.82, 2.24) is 19.7 Å². The van der Waals surface area contributed by atoms with E-state index >= 15 is 0 Å². The van der Waals surface area contributed by atoms with Crippen molar-refractivity contribution < 1.29 is 18.3 Å². The number of aliphatic carboxylic acids is 1. The zero-order valence-electron chi connectivity index (χ0n) is 23.2. The first-order valence-corrected chi connectivity index (χ1v) is 15.8. The molecule has 0 aliphatic carbocycles. The number of hydrogen-bond acceptors (Lipinski definition) is 9. The number of nitrogens with one attached hydrogen (secondary N) is 3. The van der Waals surface area contributed by atoms with E-state index in [2.05, 4.69) is 42.4 Å². The van der Waals surface area contributed by atoms with E-state index < -0.39 is 22.0 Å². The van der Waals surface area contributed by atoms with Gasteiger partial charge in [0.2, 0.25) is 10.0 Å². The van der Waals surface area contributed by atoms with Crippen LogP contribution in [0.15, 0.2) is 48.8 Å². The van der Waals surface area contributed by atoms with Crippen LogP contribution in [0.3, 0.4) is 0 Å². The summed E-state index contributed by atoms with van der Waals surface area (Å²) >= 11 is 0. The number of anilines is 3. The Morgan fingerprint density at radius 1 is 1.15 bits per heavy atom. The molecule has 2 aliphatic rings. The summed E-state index contributed by atoms with van der Waals surface area (Å²) < 4.78 is 27.6. The standard InChI is InChI=1S/C29H37N7O4S/c1-2-23-27(31-17-25(29(37)38)35-41(39,40)18-20-7-4-3-5-8-20)32-19-33-28(23)36-15-12-21(13-16-36)24-11-10-22-9-6-14-30-26(22)34-24/h3-5,7-8,10-11,19,21,25,35H,2,6,9,12-18H2,1H3,(H,30,34)(H,37,38)(H,31,32,33)/t25-/m0/s1. The van der Waals surface area contributed by atoms with Crippen LogP contribution in [0.1, 0.15) is 54.5 Å². The Morgan fingerprint density at radius 2 is 1.93 bits per heavy atom. The Labute approximate surface area is 240 Å². The Bertz CT molecular complexity index is 1460. The number of hydrogen-bond donors (Lipinski definition) is 4. The summed E-state index contributed by atoms with van der Waals surface area (Å²) in [7, 11) is -3.88. The third-order valence-corrected chi connectivity index (χ3v) is 9.05. The molecular formula is C29H37N7O4S. The zero-order chi connectivity index (χ0) is 28.8. The van der Waals surface area contributed by atoms with Gasteiger partial charge >= 0.3 is 5.97 Å². The monoisotopic (exact) mass is 579 g/mol. The Morgan fingerprint density at radius 3 is 2.66 bits per heavy atom. The average molecular weight is 580 g/mol. The fourth-order valence-electron chi connectivity index (χ4n) is 5.54. The fourth-order valence-corrected chi connectivity index (χ4v) is 6.87. The molecule has 4 N–H and O–H groups in total. The average Bonchev–Trinajstić information content (AvgIpc) is 2.99. The smallest absolute Gasteiger partial charge is 0.323 e. The summed E-state index contributed by atoms with van der Waals surface area (Å²) in [5, 5.41) is 16.2. The maximum atomic E-state index is 12.7. The summed E-state index contributed by atoms with van der Waals surface area (Å²) in [4.78, 5) is 28.0. The number of aromatic nitrogens is 3. The third kappa shape index (κ3) is 7.12. The van der Waals surface area contributed by atoms with Gasteiger partial charge in [-0.25, -0.2) is 23.4 Å². The number of carboxylic acids is 1. The number of nitrogens with zero attached hydrogens (tertiary/aromatic N) is 4. The van der Waals surface area contributed by atoms with E-state index in [0.717, 1.165) is 68.2 Å². The number of pyridine rings is 1. The van der Waals surface area contributed by atoms with Crippen molar-refractivity contribution in [3.63, 3.8) is 0 Å². The minimum Gasteiger partial charge on any atom is -0.480 e. The molecule has 2 aromatic heterocycles. The molecule has 218 valence electrons. The predicted molar refractivity (Wildman–Crippen MR) is 159 cm³/mol. The lowest BCUT2D eigenvalue weighted by Crippen LogP contribution is -2.45. The van der Waals surface area contributed by atoms with Crippen LogP contribution in [0.2, 0.25) is 0 Å². The van der Waals surface area contributed by atoms with E-state index in [1.807, 2.05) is 6.92 Å². The van der Waals surface area contributed by atoms with Crippen molar-refractivity contribution in [2.24, 2.45) is 0 Å². The van der Waals surface area contributed by atoms with Crippen LogP contribution in [0.4, 0.5) is 17.5 Å². The molecule has 5 rings (SSSR count). The summed E-state index contributed by atoms with van der Waals surface area (Å²) in [6.07, 6.45) is 6.22. The maximum Gasteiger partial charge on any atom is 0.323 e. The van der Waals surface area contributed by atoms with Crippen molar-refractivity contribution in [3.8, 4) is 0 Å². The predicted octanol–water partition coefficient (Wildman–Crippen LogP) is 3.16. The second-order valence-electron chi connectivity index (χ2n) is 10.5. The Kier molecular flexibility index (Phi) is 8.99. The molecule has 11 nitrogen and oxygen atoms in total. The summed E-state index contributed by atoms with van der Waals surface area (Å²) in [5.74, 6) is 1.16. The van der Waals surface area contributed by atoms with E-state index in [1.165, 1.54) is 11.9 Å². The zero-order valence-corrected chi connectivity index (χ0v) is 24.0. The lowest BCUT2D eigenvalue weighted by Gasteiger charge is -2.34. The van der Waals surface area contributed by atoms with Gasteiger partial charge in [-0.3, -0.25) is 4.79 Å². The molecular weight excluding hydrogens is 542 g/mol. The molecule has 41 heavy (non-hydrogen) atoms. The first kappa shape index (κ1) is 28.7. The highest BCUT2D eigenvalue weighted by Gasteiger charge is 2.27. The largest absolute Gasteiger partial charge is 0.480 e. The molecule has 0 amide bonds. The van der Waals surface area contributed by atoms with Gasteiger partial charge in [0, 0.05) is 43.4 Å². The number of benzene rings is 1. The van der Waals surface area contributed by atoms with Crippen molar-refractivity contribution in [3.05, 3.63) is 71.2 Å². The minimum atomic E-state index is -3.88. The highest BCUT2D eigenvalue weighted by atomic mass is 32.2. The van der Waals surface area contributed by atoms with E-state index in [4.69, 9.17) is 4.98 Å². The van der Waals surface area contributed by atoms with Crippen LogP contribution in [0.5, 0.6) is 0 Å². The highest BCUT2D eigenvalue weighted by Crippen LogP contribution is 2.33. The summed E-state index contributed by atoms with van der Waals surface area (Å²) in [6.45, 7) is 4.45. The summed E-state index contributed by atoms with van der Waals surface area (Å²) in [5.41, 5.74) is 3.88. The first-order valence-electron chi connectivity index (χ1n) is 14.2. The van der Waals surface area contributed by atoms with Gasteiger partial charge in [-0.2, -0.15) is 4.72 Å². The van der Waals surface area contributed by atoms with E-state index in [1.54, 1.807) is 30.3 Å². The molecule has 4 heterocycles. The molecule has 1 fully saturated rings. The number of carbonyl (C=O) groups is 1. The minimum absolute atomic E-state index is 0.160. The lowest BCUT2D eigenvalue weighted by molar-refractivity contribution is -0.138. The van der Waals surface area contributed by atoms with Crippen molar-refractivity contribution in [2.45, 2.75) is 56.7 Å². The topological polar surface area (TPSA) is 149 Å². The van der Waals surface area contributed by atoms with Crippen LogP contribution in [-0.4, -0.2) is 66.7 Å². The van der Waals surface area contributed by atoms with Gasteiger partial charge in [-0.15, -0.1) is 0 Å². The van der Waals surface area contributed by atoms with Crippen molar-refractivity contribution >= 4 is 33.4 Å².